The summed E-state index contributed by atoms with van der Waals surface area (Å²) < 4.78 is 13.4. The number of furan rings is 2. The lowest BCUT2D eigenvalue weighted by atomic mass is 10.0. The summed E-state index contributed by atoms with van der Waals surface area (Å²) in [5.41, 5.74) is 13.1. The molecule has 0 aliphatic carbocycles. The summed E-state index contributed by atoms with van der Waals surface area (Å²) in [4.78, 5) is 17.6. The van der Waals surface area contributed by atoms with E-state index in [1.54, 1.807) is 0 Å². The molecule has 0 fully saturated rings. The second-order valence-electron chi connectivity index (χ2n) is 15.6. The smallest absolute Gasteiger partial charge is 0.164 e. The Kier molecular flexibility index (Phi) is 8.71. The molecule has 3 heterocycles. The van der Waals surface area contributed by atoms with E-state index in [0.29, 0.717) is 17.5 Å². The zero-order chi connectivity index (χ0) is 41.7. The molecule has 12 aromatic rings. The van der Waals surface area contributed by atoms with Crippen molar-refractivity contribution in [3.63, 3.8) is 0 Å². The Balaban J connectivity index is 1.03. The van der Waals surface area contributed by atoms with Gasteiger partial charge in [0.1, 0.15) is 16.7 Å². The summed E-state index contributed by atoms with van der Waals surface area (Å²) >= 11 is 0. The molecule has 3 aromatic heterocycles. The van der Waals surface area contributed by atoms with E-state index in [1.165, 1.54) is 0 Å². The van der Waals surface area contributed by atoms with Gasteiger partial charge in [-0.25, -0.2) is 15.0 Å². The first-order valence-corrected chi connectivity index (χ1v) is 21.0. The van der Waals surface area contributed by atoms with Gasteiger partial charge in [-0.05, 0) is 70.8 Å². The first kappa shape index (κ1) is 36.3. The summed E-state index contributed by atoms with van der Waals surface area (Å²) in [5, 5.41) is 4.03. The lowest BCUT2D eigenvalue weighted by Gasteiger charge is -2.26. The highest BCUT2D eigenvalue weighted by molar-refractivity contribution is 6.14. The maximum atomic E-state index is 6.78. The molecular formula is C57H36N4O2. The van der Waals surface area contributed by atoms with Crippen LogP contribution in [0.2, 0.25) is 0 Å². The fraction of sp³-hybridized carbons (Fsp3) is 0. The van der Waals surface area contributed by atoms with Crippen molar-refractivity contribution in [2.24, 2.45) is 0 Å². The van der Waals surface area contributed by atoms with Crippen molar-refractivity contribution in [2.75, 3.05) is 4.90 Å². The van der Waals surface area contributed by atoms with E-state index >= 15 is 0 Å². The maximum absolute atomic E-state index is 6.78. The van der Waals surface area contributed by atoms with Gasteiger partial charge in [-0.2, -0.15) is 0 Å². The Bertz CT molecular complexity index is 3640. The van der Waals surface area contributed by atoms with Crippen LogP contribution in [0.5, 0.6) is 0 Å². The number of benzene rings is 9. The monoisotopic (exact) mass is 808 g/mol. The minimum atomic E-state index is 0.567. The first-order chi connectivity index (χ1) is 31.2. The summed E-state index contributed by atoms with van der Waals surface area (Å²) in [6, 6.07) is 75.0. The van der Waals surface area contributed by atoms with Crippen LogP contribution in [-0.2, 0) is 0 Å². The van der Waals surface area contributed by atoms with Crippen molar-refractivity contribution < 1.29 is 8.83 Å². The minimum Gasteiger partial charge on any atom is -0.456 e. The molecule has 0 N–H and O–H groups in total. The second-order valence-corrected chi connectivity index (χ2v) is 15.6. The molecule has 0 spiro atoms. The molecule has 0 atom stereocenters. The van der Waals surface area contributed by atoms with Gasteiger partial charge in [-0.3, -0.25) is 0 Å². The van der Waals surface area contributed by atoms with Crippen molar-refractivity contribution in [3.05, 3.63) is 218 Å². The van der Waals surface area contributed by atoms with Crippen LogP contribution < -0.4 is 4.90 Å². The summed E-state index contributed by atoms with van der Waals surface area (Å²) in [5.74, 6) is 1.76. The van der Waals surface area contributed by atoms with E-state index in [-0.39, 0.29) is 0 Å². The zero-order valence-corrected chi connectivity index (χ0v) is 33.9. The third-order valence-corrected chi connectivity index (χ3v) is 11.7. The third kappa shape index (κ3) is 6.49. The predicted octanol–water partition coefficient (Wildman–Crippen LogP) is 15.5. The van der Waals surface area contributed by atoms with Crippen molar-refractivity contribution >= 4 is 60.9 Å². The van der Waals surface area contributed by atoms with E-state index in [4.69, 9.17) is 23.8 Å². The van der Waals surface area contributed by atoms with Crippen molar-refractivity contribution in [1.82, 2.24) is 15.0 Å². The number of nitrogens with zero attached hydrogens (tertiary/aromatic N) is 4. The topological polar surface area (TPSA) is 68.2 Å². The molecule has 0 amide bonds. The molecule has 0 aliphatic rings. The van der Waals surface area contributed by atoms with Crippen LogP contribution in [0, 0.1) is 0 Å². The van der Waals surface area contributed by atoms with Crippen molar-refractivity contribution in [1.29, 1.82) is 0 Å². The fourth-order valence-electron chi connectivity index (χ4n) is 8.74. The van der Waals surface area contributed by atoms with Crippen LogP contribution in [0.1, 0.15) is 0 Å². The Morgan fingerprint density at radius 2 is 0.873 bits per heavy atom. The molecule has 0 bridgehead atoms. The summed E-state index contributed by atoms with van der Waals surface area (Å²) in [6.07, 6.45) is 0. The SMILES string of the molecule is c1ccc(-c2cccc(-c3nc(-c4ccccc4)nc(-c4cccc5oc6cc(N(c7cccc(-c8ccccc8)c7)c7cccc8c7oc7ccccc78)ccc6c45)n3)c2)cc1. The van der Waals surface area contributed by atoms with E-state index in [1.807, 2.05) is 66.7 Å². The normalized spacial score (nSPS) is 11.5. The predicted molar refractivity (Wildman–Crippen MR) is 256 cm³/mol. The summed E-state index contributed by atoms with van der Waals surface area (Å²) in [6.45, 7) is 0. The quantitative estimate of drug-likeness (QED) is 0.152. The second kappa shape index (κ2) is 15.1. The largest absolute Gasteiger partial charge is 0.456 e. The lowest BCUT2D eigenvalue weighted by Crippen LogP contribution is -2.10. The van der Waals surface area contributed by atoms with E-state index in [9.17, 15) is 0 Å². The number of anilines is 3. The van der Waals surface area contributed by atoms with E-state index in [2.05, 4.69) is 157 Å². The molecule has 0 saturated carbocycles. The van der Waals surface area contributed by atoms with Gasteiger partial charge in [0, 0.05) is 50.0 Å². The standard InChI is InChI=1S/C57H36N4O2/c1-4-16-37(17-5-1)40-22-12-24-42(34-40)56-58-55(39-20-8-3-9-21-39)59-57(60-56)48-28-15-31-51-53(48)47-33-32-44(36-52(47)62-51)61(43-25-13-23-41(35-43)38-18-6-2-7-19-38)49-29-14-27-46-45-26-10-11-30-50(45)63-54(46)49/h1-36H. The molecule has 6 heteroatoms. The molecule has 9 aromatic carbocycles. The number of hydrogen-bond acceptors (Lipinski definition) is 6. The van der Waals surface area contributed by atoms with Gasteiger partial charge in [0.15, 0.2) is 23.1 Å². The Morgan fingerprint density at radius 1 is 0.317 bits per heavy atom. The van der Waals surface area contributed by atoms with Gasteiger partial charge in [0.2, 0.25) is 0 Å². The van der Waals surface area contributed by atoms with Gasteiger partial charge >= 0.3 is 0 Å². The number of rotatable bonds is 8. The molecule has 0 radical (unpaired) electrons. The maximum Gasteiger partial charge on any atom is 0.164 e. The first-order valence-electron chi connectivity index (χ1n) is 21.0. The average molecular weight is 809 g/mol. The van der Waals surface area contributed by atoms with Crippen LogP contribution >= 0.6 is 0 Å². The van der Waals surface area contributed by atoms with Gasteiger partial charge in [0.05, 0.1) is 11.4 Å². The minimum absolute atomic E-state index is 0.567. The third-order valence-electron chi connectivity index (χ3n) is 11.7. The van der Waals surface area contributed by atoms with E-state index in [0.717, 1.165) is 99.9 Å². The van der Waals surface area contributed by atoms with Gasteiger partial charge in [-0.1, -0.05) is 164 Å². The molecule has 0 unspecified atom stereocenters. The highest BCUT2D eigenvalue weighted by Crippen LogP contribution is 2.45. The zero-order valence-electron chi connectivity index (χ0n) is 33.9. The van der Waals surface area contributed by atoms with Crippen molar-refractivity contribution in [3.8, 4) is 56.4 Å². The van der Waals surface area contributed by atoms with Gasteiger partial charge < -0.3 is 13.7 Å². The number of fused-ring (bicyclic) bond motifs is 6. The Morgan fingerprint density at radius 3 is 1.65 bits per heavy atom. The highest BCUT2D eigenvalue weighted by Gasteiger charge is 2.23. The highest BCUT2D eigenvalue weighted by atomic mass is 16.3. The Labute approximate surface area is 363 Å². The van der Waals surface area contributed by atoms with Gasteiger partial charge in [-0.15, -0.1) is 0 Å². The van der Waals surface area contributed by atoms with Crippen LogP contribution in [0.25, 0.3) is 100 Å². The van der Waals surface area contributed by atoms with E-state index < -0.39 is 0 Å². The molecule has 0 saturated heterocycles. The number of para-hydroxylation sites is 2. The number of hydrogen-bond donors (Lipinski definition) is 0. The van der Waals surface area contributed by atoms with Crippen LogP contribution in [0.3, 0.4) is 0 Å². The molecule has 296 valence electrons. The van der Waals surface area contributed by atoms with Gasteiger partial charge in [0.25, 0.3) is 0 Å². The van der Waals surface area contributed by atoms with Crippen LogP contribution in [0.15, 0.2) is 227 Å². The van der Waals surface area contributed by atoms with Crippen molar-refractivity contribution in [2.45, 2.75) is 0 Å². The molecule has 12 rings (SSSR count). The Hall–Kier alpha value is -8.61. The molecule has 63 heavy (non-hydrogen) atoms. The number of aromatic nitrogens is 3. The fourth-order valence-corrected chi connectivity index (χ4v) is 8.74. The molecular weight excluding hydrogens is 773 g/mol. The molecule has 6 nitrogen and oxygen atoms in total. The van der Waals surface area contributed by atoms with Crippen LogP contribution in [0.4, 0.5) is 17.1 Å². The average Bonchev–Trinajstić information content (AvgIpc) is 3.94. The van der Waals surface area contributed by atoms with Crippen LogP contribution in [-0.4, -0.2) is 15.0 Å². The lowest BCUT2D eigenvalue weighted by molar-refractivity contribution is 0.667. The molecule has 0 aliphatic heterocycles. The summed E-state index contributed by atoms with van der Waals surface area (Å²) in [7, 11) is 0.